The van der Waals surface area contributed by atoms with E-state index in [1.165, 1.54) is 77.0 Å². The van der Waals surface area contributed by atoms with Crippen molar-refractivity contribution in [1.29, 1.82) is 0 Å². The summed E-state index contributed by atoms with van der Waals surface area (Å²) in [6.45, 7) is 4.91. The van der Waals surface area contributed by atoms with E-state index in [1.807, 2.05) is 6.07 Å². The highest BCUT2D eigenvalue weighted by molar-refractivity contribution is 5.83. The van der Waals surface area contributed by atoms with E-state index in [9.17, 15) is 9.18 Å². The summed E-state index contributed by atoms with van der Waals surface area (Å²) in [5, 5.41) is 0.616. The van der Waals surface area contributed by atoms with Gasteiger partial charge in [-0.15, -0.1) is 0 Å². The summed E-state index contributed by atoms with van der Waals surface area (Å²) in [5.41, 5.74) is -0.589. The summed E-state index contributed by atoms with van der Waals surface area (Å²) in [5.74, 6) is 1.83. The monoisotopic (exact) mass is 472 g/mol. The fourth-order valence-corrected chi connectivity index (χ4v) is 5.41. The minimum Gasteiger partial charge on any atom is -0.490 e. The van der Waals surface area contributed by atoms with E-state index in [2.05, 4.69) is 13.8 Å². The summed E-state index contributed by atoms with van der Waals surface area (Å²) in [6.07, 6.45) is 19.4. The topological polar surface area (TPSA) is 39.4 Å². The van der Waals surface area contributed by atoms with Crippen LogP contribution in [0.3, 0.4) is 0 Å². The summed E-state index contributed by atoms with van der Waals surface area (Å²) in [4.78, 5) is 12.6. The highest BCUT2D eigenvalue weighted by Gasteiger charge is 2.21. The fourth-order valence-electron chi connectivity index (χ4n) is 5.41. The molecule has 1 aromatic heterocycles. The number of rotatable bonds is 15. The van der Waals surface area contributed by atoms with Gasteiger partial charge in [0.15, 0.2) is 11.6 Å². The van der Waals surface area contributed by atoms with Gasteiger partial charge in [0.1, 0.15) is 11.1 Å². The molecule has 0 unspecified atom stereocenters. The zero-order valence-corrected chi connectivity index (χ0v) is 21.5. The molecule has 1 saturated carbocycles. The molecule has 0 radical (unpaired) electrons. The Morgan fingerprint density at radius 1 is 0.882 bits per heavy atom. The zero-order chi connectivity index (χ0) is 24.2. The van der Waals surface area contributed by atoms with Crippen molar-refractivity contribution in [3.63, 3.8) is 0 Å². The average molecular weight is 473 g/mol. The van der Waals surface area contributed by atoms with Gasteiger partial charge in [0.2, 0.25) is 0 Å². The molecule has 34 heavy (non-hydrogen) atoms. The van der Waals surface area contributed by atoms with E-state index >= 15 is 0 Å². The highest BCUT2D eigenvalue weighted by atomic mass is 19.1. The number of aryl methyl sites for hydroxylation is 1. The first-order chi connectivity index (χ1) is 16.6. The SMILES string of the molecule is CCCCCCCOc1ccc2cc(CCC3CCC(CCCCCC)CC3)oc(=O)c2c1F. The smallest absolute Gasteiger partial charge is 0.346 e. The van der Waals surface area contributed by atoms with E-state index in [1.54, 1.807) is 12.1 Å². The molecule has 1 fully saturated rings. The standard InChI is InChI=1S/C30H45FO3/c1-3-5-7-9-11-21-33-27-20-18-25-22-26(34-30(32)28(25)29(27)31)19-17-24-15-13-23(14-16-24)12-10-8-6-4-2/h18,20,22-24H,3-17,19,21H2,1-2H3. The molecular formula is C30H45FO3. The van der Waals surface area contributed by atoms with Gasteiger partial charge in [-0.1, -0.05) is 103 Å². The Labute approximate surface area is 205 Å². The van der Waals surface area contributed by atoms with Crippen molar-refractivity contribution in [3.05, 3.63) is 40.2 Å². The maximum absolute atomic E-state index is 15.0. The second-order valence-corrected chi connectivity index (χ2v) is 10.4. The van der Waals surface area contributed by atoms with Crippen LogP contribution in [0.2, 0.25) is 0 Å². The zero-order valence-electron chi connectivity index (χ0n) is 21.5. The molecule has 1 aliphatic carbocycles. The van der Waals surface area contributed by atoms with Crippen LogP contribution in [0.4, 0.5) is 4.39 Å². The number of hydrogen-bond acceptors (Lipinski definition) is 3. The van der Waals surface area contributed by atoms with Crippen molar-refractivity contribution < 1.29 is 13.5 Å². The summed E-state index contributed by atoms with van der Waals surface area (Å²) >= 11 is 0. The van der Waals surface area contributed by atoms with Crippen molar-refractivity contribution in [2.75, 3.05) is 6.61 Å². The van der Waals surface area contributed by atoms with Gasteiger partial charge in [-0.3, -0.25) is 0 Å². The molecule has 0 aliphatic heterocycles. The third-order valence-electron chi connectivity index (χ3n) is 7.62. The molecule has 190 valence electrons. The Bertz CT molecular complexity index is 911. The number of hydrogen-bond donors (Lipinski definition) is 0. The first kappa shape index (κ1) is 26.8. The fraction of sp³-hybridized carbons (Fsp3) is 0.700. The molecule has 4 heteroatoms. The Morgan fingerprint density at radius 3 is 2.24 bits per heavy atom. The number of unbranched alkanes of at least 4 members (excludes halogenated alkanes) is 7. The van der Waals surface area contributed by atoms with Crippen LogP contribution in [0, 0.1) is 17.7 Å². The van der Waals surface area contributed by atoms with Crippen LogP contribution < -0.4 is 10.4 Å². The largest absolute Gasteiger partial charge is 0.490 e. The molecule has 3 rings (SSSR count). The summed E-state index contributed by atoms with van der Waals surface area (Å²) in [6, 6.07) is 5.28. The van der Waals surface area contributed by atoms with Crippen LogP contribution in [0.15, 0.2) is 27.4 Å². The van der Waals surface area contributed by atoms with E-state index in [-0.39, 0.29) is 11.1 Å². The van der Waals surface area contributed by atoms with Crippen molar-refractivity contribution in [2.45, 2.75) is 117 Å². The maximum atomic E-state index is 15.0. The number of benzene rings is 1. The Hall–Kier alpha value is -1.84. The van der Waals surface area contributed by atoms with E-state index < -0.39 is 11.4 Å². The molecule has 1 aromatic carbocycles. The molecule has 1 heterocycles. The third kappa shape index (κ3) is 8.13. The van der Waals surface area contributed by atoms with E-state index in [0.29, 0.717) is 23.7 Å². The average Bonchev–Trinajstić information content (AvgIpc) is 2.84. The van der Waals surface area contributed by atoms with Crippen molar-refractivity contribution in [1.82, 2.24) is 0 Å². The van der Waals surface area contributed by atoms with Crippen molar-refractivity contribution in [2.24, 2.45) is 11.8 Å². The molecular weight excluding hydrogens is 427 g/mol. The molecule has 0 spiro atoms. The van der Waals surface area contributed by atoms with Crippen LogP contribution in [0.5, 0.6) is 5.75 Å². The lowest BCUT2D eigenvalue weighted by Crippen LogP contribution is -2.15. The molecule has 0 N–H and O–H groups in total. The van der Waals surface area contributed by atoms with Crippen LogP contribution in [-0.4, -0.2) is 6.61 Å². The lowest BCUT2D eigenvalue weighted by atomic mass is 9.78. The van der Waals surface area contributed by atoms with Gasteiger partial charge in [0.05, 0.1) is 6.61 Å². The molecule has 0 saturated heterocycles. The minimum atomic E-state index is -0.594. The second-order valence-electron chi connectivity index (χ2n) is 10.4. The van der Waals surface area contributed by atoms with E-state index in [4.69, 9.17) is 9.15 Å². The van der Waals surface area contributed by atoms with Gasteiger partial charge >= 0.3 is 5.63 Å². The Kier molecular flexibility index (Phi) is 11.4. The molecule has 1 aliphatic rings. The van der Waals surface area contributed by atoms with Crippen molar-refractivity contribution >= 4 is 10.8 Å². The summed E-state index contributed by atoms with van der Waals surface area (Å²) in [7, 11) is 0. The van der Waals surface area contributed by atoms with Gasteiger partial charge in [-0.05, 0) is 42.2 Å². The third-order valence-corrected chi connectivity index (χ3v) is 7.62. The Balaban J connectivity index is 1.49. The molecule has 3 nitrogen and oxygen atoms in total. The maximum Gasteiger partial charge on any atom is 0.346 e. The number of fused-ring (bicyclic) bond motifs is 1. The van der Waals surface area contributed by atoms with Gasteiger partial charge in [-0.25, -0.2) is 9.18 Å². The van der Waals surface area contributed by atoms with Crippen LogP contribution in [-0.2, 0) is 6.42 Å². The van der Waals surface area contributed by atoms with Crippen molar-refractivity contribution in [3.8, 4) is 5.75 Å². The first-order valence-electron chi connectivity index (χ1n) is 14.0. The second kappa shape index (κ2) is 14.5. The number of halogens is 1. The van der Waals surface area contributed by atoms with Crippen LogP contribution in [0.1, 0.15) is 116 Å². The predicted octanol–water partition coefficient (Wildman–Crippen LogP) is 8.99. The van der Waals surface area contributed by atoms with Gasteiger partial charge < -0.3 is 9.15 Å². The molecule has 0 bridgehead atoms. The first-order valence-corrected chi connectivity index (χ1v) is 14.0. The van der Waals surface area contributed by atoms with Crippen LogP contribution >= 0.6 is 0 Å². The number of ether oxygens (including phenoxy) is 1. The van der Waals surface area contributed by atoms with Gasteiger partial charge in [0.25, 0.3) is 0 Å². The summed E-state index contributed by atoms with van der Waals surface area (Å²) < 4.78 is 26.1. The minimum absolute atomic E-state index is 0.0100. The van der Waals surface area contributed by atoms with Gasteiger partial charge in [0, 0.05) is 6.42 Å². The highest BCUT2D eigenvalue weighted by Crippen LogP contribution is 2.34. The van der Waals surface area contributed by atoms with Crippen LogP contribution in [0.25, 0.3) is 10.8 Å². The predicted molar refractivity (Wildman–Crippen MR) is 139 cm³/mol. The quantitative estimate of drug-likeness (QED) is 0.243. The lowest BCUT2D eigenvalue weighted by Gasteiger charge is -2.28. The normalized spacial score (nSPS) is 18.4. The Morgan fingerprint density at radius 2 is 1.53 bits per heavy atom. The van der Waals surface area contributed by atoms with Gasteiger partial charge in [-0.2, -0.15) is 0 Å². The van der Waals surface area contributed by atoms with E-state index in [0.717, 1.165) is 31.6 Å². The molecule has 0 atom stereocenters. The molecule has 0 amide bonds. The molecule has 2 aromatic rings. The lowest BCUT2D eigenvalue weighted by molar-refractivity contribution is 0.245.